The van der Waals surface area contributed by atoms with Gasteiger partial charge in [-0.2, -0.15) is 5.10 Å². The highest BCUT2D eigenvalue weighted by molar-refractivity contribution is 6.00. The number of aromatic nitrogens is 6. The van der Waals surface area contributed by atoms with Gasteiger partial charge in [-0.05, 0) is 36.4 Å². The Hall–Kier alpha value is -4.79. The summed E-state index contributed by atoms with van der Waals surface area (Å²) in [6.45, 7) is 0. The van der Waals surface area contributed by atoms with Gasteiger partial charge in [0.25, 0.3) is 0 Å². The summed E-state index contributed by atoms with van der Waals surface area (Å²) in [5.41, 5.74) is 4.68. The molecule has 3 N–H and O–H groups in total. The van der Waals surface area contributed by atoms with Crippen LogP contribution in [0, 0.1) is 0 Å². The molecule has 9 nitrogen and oxygen atoms in total. The van der Waals surface area contributed by atoms with E-state index < -0.39 is 0 Å². The normalized spacial score (nSPS) is 11.3. The molecule has 4 aromatic heterocycles. The first-order chi connectivity index (χ1) is 16.2. The second-order valence-electron chi connectivity index (χ2n) is 7.63. The van der Waals surface area contributed by atoms with E-state index in [1.54, 1.807) is 12.4 Å². The number of Topliss-reactive ketones (excluding diaryl/α,β-unsaturated/α-hetero) is 1. The van der Waals surface area contributed by atoms with Gasteiger partial charge in [0.05, 0.1) is 29.5 Å². The number of carbonyl (C=O) groups is 1. The minimum atomic E-state index is -0.0568. The molecular formula is C24H17N7O2. The molecule has 160 valence electrons. The van der Waals surface area contributed by atoms with Crippen molar-refractivity contribution in [1.29, 1.82) is 0 Å². The Labute approximate surface area is 186 Å². The highest BCUT2D eigenvalue weighted by Gasteiger charge is 2.13. The van der Waals surface area contributed by atoms with E-state index in [4.69, 9.17) is 4.42 Å². The second kappa shape index (κ2) is 7.72. The Bertz CT molecular complexity index is 1600. The van der Waals surface area contributed by atoms with E-state index in [0.717, 1.165) is 33.1 Å². The van der Waals surface area contributed by atoms with Gasteiger partial charge in [-0.15, -0.1) is 0 Å². The zero-order valence-electron chi connectivity index (χ0n) is 17.2. The fourth-order valence-electron chi connectivity index (χ4n) is 3.74. The number of fused-ring (bicyclic) bond motifs is 2. The third-order valence-corrected chi connectivity index (χ3v) is 5.37. The van der Waals surface area contributed by atoms with Crippen LogP contribution in [0.5, 0.6) is 0 Å². The Balaban J connectivity index is 1.26. The van der Waals surface area contributed by atoms with Gasteiger partial charge in [0.1, 0.15) is 12.1 Å². The third kappa shape index (κ3) is 3.72. The number of carbonyl (C=O) groups excluding carboxylic acids is 1. The SMILES string of the molecule is O=C(Cc1cocn1)c1cc2ccc(-c3nccc(Nc4ccc5[nH]ncc5c4)n3)cc2[nH]1. The van der Waals surface area contributed by atoms with Gasteiger partial charge in [0, 0.05) is 33.7 Å². The zero-order chi connectivity index (χ0) is 22.2. The van der Waals surface area contributed by atoms with Crippen LogP contribution in [0.2, 0.25) is 0 Å². The molecule has 0 aliphatic heterocycles. The number of oxazole rings is 1. The number of H-pyrrole nitrogens is 2. The number of ketones is 1. The van der Waals surface area contributed by atoms with Crippen molar-refractivity contribution in [2.24, 2.45) is 0 Å². The summed E-state index contributed by atoms with van der Waals surface area (Å²) in [4.78, 5) is 28.9. The van der Waals surface area contributed by atoms with Crippen LogP contribution in [-0.2, 0) is 6.42 Å². The van der Waals surface area contributed by atoms with Crippen molar-refractivity contribution < 1.29 is 9.21 Å². The largest absolute Gasteiger partial charge is 0.451 e. The number of benzene rings is 2. The van der Waals surface area contributed by atoms with Crippen molar-refractivity contribution in [3.05, 3.63) is 85.0 Å². The molecule has 0 saturated carbocycles. The van der Waals surface area contributed by atoms with E-state index in [9.17, 15) is 4.79 Å². The zero-order valence-corrected chi connectivity index (χ0v) is 17.2. The molecule has 0 unspecified atom stereocenters. The Kier molecular flexibility index (Phi) is 4.43. The third-order valence-electron chi connectivity index (χ3n) is 5.37. The summed E-state index contributed by atoms with van der Waals surface area (Å²) in [5, 5.41) is 12.3. The molecular weight excluding hydrogens is 418 g/mol. The van der Waals surface area contributed by atoms with E-state index in [1.807, 2.05) is 48.5 Å². The van der Waals surface area contributed by atoms with Crippen molar-refractivity contribution in [3.8, 4) is 11.4 Å². The average Bonchev–Trinajstić information content (AvgIpc) is 3.59. The van der Waals surface area contributed by atoms with Crippen LogP contribution in [0.3, 0.4) is 0 Å². The van der Waals surface area contributed by atoms with Crippen molar-refractivity contribution in [1.82, 2.24) is 30.1 Å². The minimum Gasteiger partial charge on any atom is -0.451 e. The summed E-state index contributed by atoms with van der Waals surface area (Å²) >= 11 is 0. The lowest BCUT2D eigenvalue weighted by Crippen LogP contribution is -2.03. The highest BCUT2D eigenvalue weighted by Crippen LogP contribution is 2.25. The van der Waals surface area contributed by atoms with Gasteiger partial charge in [-0.25, -0.2) is 15.0 Å². The molecule has 4 heterocycles. The Morgan fingerprint density at radius 1 is 1.00 bits per heavy atom. The molecule has 0 aliphatic rings. The van der Waals surface area contributed by atoms with Gasteiger partial charge in [-0.3, -0.25) is 9.89 Å². The van der Waals surface area contributed by atoms with E-state index in [1.165, 1.54) is 12.7 Å². The lowest BCUT2D eigenvalue weighted by molar-refractivity contribution is 0.0988. The van der Waals surface area contributed by atoms with Gasteiger partial charge in [-0.1, -0.05) is 12.1 Å². The molecule has 0 radical (unpaired) electrons. The van der Waals surface area contributed by atoms with Crippen LogP contribution < -0.4 is 5.32 Å². The molecule has 9 heteroatoms. The lowest BCUT2D eigenvalue weighted by atomic mass is 10.1. The summed E-state index contributed by atoms with van der Waals surface area (Å²) < 4.78 is 4.94. The highest BCUT2D eigenvalue weighted by atomic mass is 16.3. The van der Waals surface area contributed by atoms with E-state index in [2.05, 4.69) is 35.5 Å². The molecule has 0 atom stereocenters. The molecule has 33 heavy (non-hydrogen) atoms. The summed E-state index contributed by atoms with van der Waals surface area (Å²) in [6.07, 6.45) is 6.47. The summed E-state index contributed by atoms with van der Waals surface area (Å²) in [7, 11) is 0. The standard InChI is InChI=1S/C24H17N7O2/c32-22(10-18-12-33-13-26-18)21-8-14-1-2-15(9-20(14)29-21)24-25-6-5-23(30-24)28-17-3-4-19-16(7-17)11-27-31-19/h1-9,11-13,29H,10H2,(H,27,31)(H,25,28,30). The number of nitrogens with one attached hydrogen (secondary N) is 3. The predicted molar refractivity (Wildman–Crippen MR) is 123 cm³/mol. The van der Waals surface area contributed by atoms with E-state index in [-0.39, 0.29) is 12.2 Å². The smallest absolute Gasteiger partial charge is 0.185 e. The van der Waals surface area contributed by atoms with Crippen LogP contribution in [0.25, 0.3) is 33.2 Å². The maximum Gasteiger partial charge on any atom is 0.185 e. The molecule has 0 bridgehead atoms. The molecule has 6 rings (SSSR count). The first-order valence-electron chi connectivity index (χ1n) is 10.3. The summed E-state index contributed by atoms with van der Waals surface area (Å²) in [6, 6.07) is 15.4. The predicted octanol–water partition coefficient (Wildman–Crippen LogP) is 4.66. The number of rotatable bonds is 6. The number of aromatic amines is 2. The van der Waals surface area contributed by atoms with Gasteiger partial charge >= 0.3 is 0 Å². The van der Waals surface area contributed by atoms with Gasteiger partial charge in [0.2, 0.25) is 0 Å². The van der Waals surface area contributed by atoms with Gasteiger partial charge in [0.15, 0.2) is 18.0 Å². The van der Waals surface area contributed by atoms with Crippen molar-refractivity contribution in [2.75, 3.05) is 5.32 Å². The van der Waals surface area contributed by atoms with E-state index >= 15 is 0 Å². The van der Waals surface area contributed by atoms with Crippen LogP contribution in [-0.4, -0.2) is 35.9 Å². The Morgan fingerprint density at radius 3 is 2.88 bits per heavy atom. The fourth-order valence-corrected chi connectivity index (χ4v) is 3.74. The molecule has 0 fully saturated rings. The van der Waals surface area contributed by atoms with Crippen molar-refractivity contribution >= 4 is 39.1 Å². The Morgan fingerprint density at radius 2 is 1.97 bits per heavy atom. The molecule has 0 aliphatic carbocycles. The van der Waals surface area contributed by atoms with Crippen molar-refractivity contribution in [3.63, 3.8) is 0 Å². The monoisotopic (exact) mass is 435 g/mol. The molecule has 0 saturated heterocycles. The molecule has 0 amide bonds. The van der Waals surface area contributed by atoms with E-state index in [0.29, 0.717) is 23.0 Å². The quantitative estimate of drug-likeness (QED) is 0.325. The number of hydrogen-bond acceptors (Lipinski definition) is 7. The minimum absolute atomic E-state index is 0.0568. The topological polar surface area (TPSA) is 125 Å². The second-order valence-corrected chi connectivity index (χ2v) is 7.63. The van der Waals surface area contributed by atoms with Gasteiger partial charge < -0.3 is 14.7 Å². The maximum atomic E-state index is 12.6. The van der Waals surface area contributed by atoms with Crippen LogP contribution in [0.1, 0.15) is 16.2 Å². The maximum absolute atomic E-state index is 12.6. The van der Waals surface area contributed by atoms with Crippen LogP contribution in [0.4, 0.5) is 11.5 Å². The summed E-state index contributed by atoms with van der Waals surface area (Å²) in [5.74, 6) is 1.20. The van der Waals surface area contributed by atoms with Crippen LogP contribution in [0.15, 0.2) is 78.0 Å². The van der Waals surface area contributed by atoms with Crippen molar-refractivity contribution in [2.45, 2.75) is 6.42 Å². The number of hydrogen-bond donors (Lipinski definition) is 3. The number of anilines is 2. The average molecular weight is 435 g/mol. The molecule has 0 spiro atoms. The first-order valence-corrected chi connectivity index (χ1v) is 10.3. The lowest BCUT2D eigenvalue weighted by Gasteiger charge is -2.07. The first kappa shape index (κ1) is 18.9. The van der Waals surface area contributed by atoms with Crippen LogP contribution >= 0.6 is 0 Å². The number of nitrogens with zero attached hydrogens (tertiary/aromatic N) is 4. The fraction of sp³-hybridized carbons (Fsp3) is 0.0417. The molecule has 6 aromatic rings. The molecule has 2 aromatic carbocycles.